The lowest BCUT2D eigenvalue weighted by Gasteiger charge is -2.40. The van der Waals surface area contributed by atoms with Crippen molar-refractivity contribution in [2.24, 2.45) is 5.92 Å². The molecule has 0 bridgehead atoms. The zero-order chi connectivity index (χ0) is 43.7. The number of hydrogen-bond donors (Lipinski definition) is 2. The van der Waals surface area contributed by atoms with Crippen LogP contribution in [0.4, 0.5) is 16.3 Å². The highest BCUT2D eigenvalue weighted by Crippen LogP contribution is 2.36. The molecular weight excluding hydrogens is 811 g/mol. The van der Waals surface area contributed by atoms with Gasteiger partial charge in [-0.1, -0.05) is 18.2 Å². The number of nitrogens with zero attached hydrogens (tertiary/aromatic N) is 9. The summed E-state index contributed by atoms with van der Waals surface area (Å²) in [6, 6.07) is 23.0. The molecule has 0 saturated carbocycles. The summed E-state index contributed by atoms with van der Waals surface area (Å²) in [7, 11) is 0. The number of fused-ring (bicyclic) bond motifs is 2. The number of para-hydroxylation sites is 1. The van der Waals surface area contributed by atoms with E-state index in [1.165, 1.54) is 12.7 Å². The molecule has 2 aromatic heterocycles. The van der Waals surface area contributed by atoms with E-state index in [0.29, 0.717) is 53.5 Å². The van der Waals surface area contributed by atoms with Crippen molar-refractivity contribution >= 4 is 46.3 Å². The Hall–Kier alpha value is -6.55. The van der Waals surface area contributed by atoms with Crippen LogP contribution in [0.2, 0.25) is 0 Å². The van der Waals surface area contributed by atoms with E-state index >= 15 is 0 Å². The van der Waals surface area contributed by atoms with Crippen LogP contribution in [-0.4, -0.2) is 128 Å². The van der Waals surface area contributed by atoms with Crippen molar-refractivity contribution in [3.05, 3.63) is 90.3 Å². The van der Waals surface area contributed by atoms with Crippen molar-refractivity contribution in [3.63, 3.8) is 0 Å². The first-order valence-electron chi connectivity index (χ1n) is 22.9. The summed E-state index contributed by atoms with van der Waals surface area (Å²) in [6.07, 6.45) is 8.44. The second kappa shape index (κ2) is 17.9. The predicted octanol–water partition coefficient (Wildman–Crippen LogP) is 5.70. The first kappa shape index (κ1) is 41.5. The van der Waals surface area contributed by atoms with Gasteiger partial charge in [-0.25, -0.2) is 19.4 Å². The van der Waals surface area contributed by atoms with E-state index in [1.54, 1.807) is 4.90 Å². The van der Waals surface area contributed by atoms with Crippen molar-refractivity contribution in [1.29, 1.82) is 0 Å². The molecule has 16 nitrogen and oxygen atoms in total. The van der Waals surface area contributed by atoms with Crippen LogP contribution in [0.5, 0.6) is 11.5 Å². The van der Waals surface area contributed by atoms with Gasteiger partial charge in [0.1, 0.15) is 35.4 Å². The van der Waals surface area contributed by atoms with Crippen LogP contribution in [-0.2, 0) is 16.1 Å². The first-order valence-corrected chi connectivity index (χ1v) is 22.9. The molecule has 10 rings (SSSR count). The van der Waals surface area contributed by atoms with E-state index in [1.807, 2.05) is 81.2 Å². The quantitative estimate of drug-likeness (QED) is 0.165. The van der Waals surface area contributed by atoms with E-state index in [2.05, 4.69) is 31.2 Å². The average Bonchev–Trinajstić information content (AvgIpc) is 3.88. The Bertz CT molecular complexity index is 2530. The predicted molar refractivity (Wildman–Crippen MR) is 242 cm³/mol. The second-order valence-electron chi connectivity index (χ2n) is 17.9. The van der Waals surface area contributed by atoms with E-state index in [9.17, 15) is 19.2 Å². The van der Waals surface area contributed by atoms with Gasteiger partial charge in [-0.3, -0.25) is 24.6 Å². The number of carbonyl (C=O) groups is 4. The smallest absolute Gasteiger partial charge is 0.320 e. The standard InChI is InChI=1S/C48H55N11O5/c49-44-42-43(33-10-13-38(14-11-33)64-37-8-2-1-3-9-37)53-59(45(42)51-31-50-44)36-7-5-21-57(30-36)48(63)56-26-24-54(25-27-56)20-4-6-32-18-22-55(23-19-32)35-12-15-39-34(28-35)29-58(47(39)62)40-16-17-41(60)52-46(40)61/h1-3,8-15,28,31-32,36,40H,4-7,16-27,29-30H2,(H2,49,50,51)(H,52,60,61)/t36-,40?/m1/s1. The Morgan fingerprint density at radius 2 is 1.61 bits per heavy atom. The summed E-state index contributed by atoms with van der Waals surface area (Å²) in [5.74, 6) is 1.74. The van der Waals surface area contributed by atoms with E-state index < -0.39 is 6.04 Å². The van der Waals surface area contributed by atoms with Crippen molar-refractivity contribution < 1.29 is 23.9 Å². The highest BCUT2D eigenvalue weighted by molar-refractivity contribution is 6.05. The number of ether oxygens (including phenoxy) is 1. The molecule has 0 radical (unpaired) electrons. The fourth-order valence-electron chi connectivity index (χ4n) is 10.3. The first-order chi connectivity index (χ1) is 31.3. The number of nitrogens with one attached hydrogen (secondary N) is 1. The lowest BCUT2D eigenvalue weighted by Crippen LogP contribution is -2.54. The highest BCUT2D eigenvalue weighted by Gasteiger charge is 2.39. The molecule has 16 heteroatoms. The Morgan fingerprint density at radius 1 is 0.828 bits per heavy atom. The molecule has 4 fully saturated rings. The molecule has 0 aliphatic carbocycles. The molecular formula is C48H55N11O5. The minimum absolute atomic E-state index is 0.0472. The summed E-state index contributed by atoms with van der Waals surface area (Å²) in [5.41, 5.74) is 11.4. The second-order valence-corrected chi connectivity index (χ2v) is 17.9. The Morgan fingerprint density at radius 3 is 2.39 bits per heavy atom. The number of urea groups is 1. The Labute approximate surface area is 372 Å². The van der Waals surface area contributed by atoms with Crippen molar-refractivity contribution in [2.45, 2.75) is 70.0 Å². The number of piperidine rings is 3. The number of hydrogen-bond acceptors (Lipinski definition) is 11. The van der Waals surface area contributed by atoms with E-state index in [-0.39, 0.29) is 36.2 Å². The van der Waals surface area contributed by atoms with Crippen LogP contribution in [0.3, 0.4) is 0 Å². The largest absolute Gasteiger partial charge is 0.457 e. The molecule has 332 valence electrons. The number of likely N-dealkylation sites (tertiary alicyclic amines) is 1. The van der Waals surface area contributed by atoms with E-state index in [0.717, 1.165) is 113 Å². The maximum atomic E-state index is 14.0. The molecule has 64 heavy (non-hydrogen) atoms. The molecule has 2 atom stereocenters. The number of benzene rings is 3. The molecule has 5 aliphatic rings. The molecule has 5 amide bonds. The maximum absolute atomic E-state index is 14.0. The summed E-state index contributed by atoms with van der Waals surface area (Å²) in [5, 5.41) is 8.18. The zero-order valence-corrected chi connectivity index (χ0v) is 36.1. The van der Waals surface area contributed by atoms with Gasteiger partial charge in [0.05, 0.1) is 11.4 Å². The lowest BCUT2D eigenvalue weighted by atomic mass is 9.91. The van der Waals surface area contributed by atoms with Crippen LogP contribution >= 0.6 is 0 Å². The summed E-state index contributed by atoms with van der Waals surface area (Å²) in [4.78, 5) is 70.7. The van der Waals surface area contributed by atoms with Crippen molar-refractivity contribution in [1.82, 2.24) is 44.7 Å². The molecule has 0 spiro atoms. The fraction of sp³-hybridized carbons (Fsp3) is 0.438. The SMILES string of the molecule is Nc1ncnc2c1c(-c1ccc(Oc3ccccc3)cc1)nn2[C@@H]1CCCN(C(=O)N2CCN(CCCC3CCN(c4ccc5c(c4)CN(C4CCC(=O)NC4=O)C5=O)CC3)CC2)C1. The van der Waals surface area contributed by atoms with Gasteiger partial charge in [-0.2, -0.15) is 5.10 Å². The summed E-state index contributed by atoms with van der Waals surface area (Å²) >= 11 is 0. The van der Waals surface area contributed by atoms with Gasteiger partial charge < -0.3 is 30.1 Å². The molecule has 4 saturated heterocycles. The fourth-order valence-corrected chi connectivity index (χ4v) is 10.3. The summed E-state index contributed by atoms with van der Waals surface area (Å²) in [6.45, 7) is 7.86. The van der Waals surface area contributed by atoms with Gasteiger partial charge in [0.15, 0.2) is 5.65 Å². The van der Waals surface area contributed by atoms with Crippen molar-refractivity contribution in [2.75, 3.05) is 69.5 Å². The van der Waals surface area contributed by atoms with Gasteiger partial charge in [0, 0.05) is 82.1 Å². The highest BCUT2D eigenvalue weighted by atomic mass is 16.5. The molecule has 1 unspecified atom stereocenters. The minimum Gasteiger partial charge on any atom is -0.457 e. The molecule has 5 aromatic rings. The molecule has 3 N–H and O–H groups in total. The number of carbonyl (C=O) groups excluding carboxylic acids is 4. The Kier molecular flexibility index (Phi) is 11.6. The van der Waals surface area contributed by atoms with Crippen LogP contribution < -0.4 is 20.7 Å². The number of piperazine rings is 1. The number of nitrogen functional groups attached to an aromatic ring is 1. The van der Waals surface area contributed by atoms with Gasteiger partial charge in [0.25, 0.3) is 5.91 Å². The van der Waals surface area contributed by atoms with Gasteiger partial charge in [-0.05, 0) is 118 Å². The third-order valence-corrected chi connectivity index (χ3v) is 13.9. The number of rotatable bonds is 10. The number of imide groups is 1. The average molecular weight is 866 g/mol. The van der Waals surface area contributed by atoms with Gasteiger partial charge >= 0.3 is 6.03 Å². The molecule has 5 aliphatic heterocycles. The number of nitrogens with two attached hydrogens (primary N) is 1. The number of anilines is 2. The lowest BCUT2D eigenvalue weighted by molar-refractivity contribution is -0.136. The van der Waals surface area contributed by atoms with Crippen molar-refractivity contribution in [3.8, 4) is 22.8 Å². The minimum atomic E-state index is -0.599. The van der Waals surface area contributed by atoms with Crippen LogP contribution in [0.25, 0.3) is 22.3 Å². The number of amides is 5. The van der Waals surface area contributed by atoms with Crippen LogP contribution in [0, 0.1) is 5.92 Å². The van der Waals surface area contributed by atoms with Crippen LogP contribution in [0.1, 0.15) is 73.3 Å². The number of aromatic nitrogens is 4. The Balaban J connectivity index is 0.682. The summed E-state index contributed by atoms with van der Waals surface area (Å²) < 4.78 is 7.97. The molecule has 3 aromatic carbocycles. The zero-order valence-electron chi connectivity index (χ0n) is 36.1. The molecule has 7 heterocycles. The van der Waals surface area contributed by atoms with Gasteiger partial charge in [-0.15, -0.1) is 0 Å². The normalized spacial score (nSPS) is 21.1. The monoisotopic (exact) mass is 865 g/mol. The topological polar surface area (TPSA) is 175 Å². The van der Waals surface area contributed by atoms with Gasteiger partial charge in [0.2, 0.25) is 11.8 Å². The van der Waals surface area contributed by atoms with E-state index in [4.69, 9.17) is 15.6 Å². The van der Waals surface area contributed by atoms with Crippen LogP contribution in [0.15, 0.2) is 79.1 Å². The third-order valence-electron chi connectivity index (χ3n) is 13.9. The maximum Gasteiger partial charge on any atom is 0.320 e. The third kappa shape index (κ3) is 8.45.